The molecule has 110 valence electrons. The molecule has 1 heterocycles. The van der Waals surface area contributed by atoms with Gasteiger partial charge in [-0.2, -0.15) is 0 Å². The first kappa shape index (κ1) is 14.8. The van der Waals surface area contributed by atoms with Crippen LogP contribution >= 0.6 is 0 Å². The van der Waals surface area contributed by atoms with E-state index < -0.39 is 0 Å². The standard InChI is InChI=1S/C14H26N2O3/c17-12-14(4-2-1-3-5-14)11-15-10-13(18)16-6-8-19-9-7-16/h15,17H,1-12H2. The van der Waals surface area contributed by atoms with Crippen molar-refractivity contribution in [3.8, 4) is 0 Å². The molecule has 19 heavy (non-hydrogen) atoms. The molecule has 0 radical (unpaired) electrons. The Morgan fingerprint density at radius 1 is 1.21 bits per heavy atom. The number of ether oxygens (including phenoxy) is 1. The number of nitrogens with one attached hydrogen (secondary N) is 1. The zero-order valence-corrected chi connectivity index (χ0v) is 11.7. The molecule has 0 aromatic rings. The second-order valence-electron chi connectivity index (χ2n) is 5.82. The lowest BCUT2D eigenvalue weighted by atomic mass is 9.74. The van der Waals surface area contributed by atoms with E-state index in [0.717, 1.165) is 19.4 Å². The molecular weight excluding hydrogens is 244 g/mol. The van der Waals surface area contributed by atoms with Crippen LogP contribution in [0, 0.1) is 5.41 Å². The molecule has 1 aliphatic heterocycles. The van der Waals surface area contributed by atoms with Crippen molar-refractivity contribution in [1.82, 2.24) is 10.2 Å². The first-order valence-corrected chi connectivity index (χ1v) is 7.43. The van der Waals surface area contributed by atoms with Crippen molar-refractivity contribution in [1.29, 1.82) is 0 Å². The molecule has 2 aliphatic rings. The van der Waals surface area contributed by atoms with E-state index in [4.69, 9.17) is 4.74 Å². The van der Waals surface area contributed by atoms with Gasteiger partial charge in [0.05, 0.1) is 19.8 Å². The van der Waals surface area contributed by atoms with Crippen LogP contribution in [-0.4, -0.2) is 61.9 Å². The van der Waals surface area contributed by atoms with Crippen LogP contribution in [0.25, 0.3) is 0 Å². The highest BCUT2D eigenvalue weighted by Crippen LogP contribution is 2.35. The largest absolute Gasteiger partial charge is 0.396 e. The third kappa shape index (κ3) is 4.16. The lowest BCUT2D eigenvalue weighted by Crippen LogP contribution is -2.47. The number of rotatable bonds is 5. The minimum absolute atomic E-state index is 0.00351. The van der Waals surface area contributed by atoms with Crippen molar-refractivity contribution >= 4 is 5.91 Å². The zero-order chi connectivity index (χ0) is 13.6. The summed E-state index contributed by atoms with van der Waals surface area (Å²) in [4.78, 5) is 13.8. The molecule has 0 aromatic heterocycles. The molecule has 2 N–H and O–H groups in total. The Morgan fingerprint density at radius 2 is 1.89 bits per heavy atom. The van der Waals surface area contributed by atoms with Crippen molar-refractivity contribution in [3.05, 3.63) is 0 Å². The van der Waals surface area contributed by atoms with E-state index in [2.05, 4.69) is 5.32 Å². The zero-order valence-electron chi connectivity index (χ0n) is 11.7. The fraction of sp³-hybridized carbons (Fsp3) is 0.929. The lowest BCUT2D eigenvalue weighted by molar-refractivity contribution is -0.134. The van der Waals surface area contributed by atoms with E-state index in [0.29, 0.717) is 32.8 Å². The van der Waals surface area contributed by atoms with Crippen LogP contribution in [0.1, 0.15) is 32.1 Å². The third-order valence-corrected chi connectivity index (χ3v) is 4.39. The molecule has 0 bridgehead atoms. The molecular formula is C14H26N2O3. The summed E-state index contributed by atoms with van der Waals surface area (Å²) >= 11 is 0. The van der Waals surface area contributed by atoms with Crippen molar-refractivity contribution in [3.63, 3.8) is 0 Å². The number of morpholine rings is 1. The van der Waals surface area contributed by atoms with Crippen molar-refractivity contribution in [2.24, 2.45) is 5.41 Å². The maximum Gasteiger partial charge on any atom is 0.236 e. The highest BCUT2D eigenvalue weighted by molar-refractivity contribution is 5.78. The molecule has 5 nitrogen and oxygen atoms in total. The van der Waals surface area contributed by atoms with E-state index in [1.54, 1.807) is 0 Å². The number of hydrogen-bond acceptors (Lipinski definition) is 4. The predicted molar refractivity (Wildman–Crippen MR) is 72.9 cm³/mol. The summed E-state index contributed by atoms with van der Waals surface area (Å²) in [7, 11) is 0. The Bertz CT molecular complexity index is 284. The van der Waals surface area contributed by atoms with Gasteiger partial charge in [-0.15, -0.1) is 0 Å². The second-order valence-corrected chi connectivity index (χ2v) is 5.82. The summed E-state index contributed by atoms with van der Waals surface area (Å²) in [6.45, 7) is 4.04. The number of aliphatic hydroxyl groups excluding tert-OH is 1. The minimum Gasteiger partial charge on any atom is -0.396 e. The first-order chi connectivity index (χ1) is 9.26. The van der Waals surface area contributed by atoms with Crippen molar-refractivity contribution in [2.75, 3.05) is 46.0 Å². The first-order valence-electron chi connectivity index (χ1n) is 7.43. The van der Waals surface area contributed by atoms with Gasteiger partial charge in [0.1, 0.15) is 0 Å². The van der Waals surface area contributed by atoms with Crippen LogP contribution in [0.2, 0.25) is 0 Å². The van der Waals surface area contributed by atoms with E-state index in [-0.39, 0.29) is 17.9 Å². The number of nitrogens with zero attached hydrogens (tertiary/aromatic N) is 1. The molecule has 5 heteroatoms. The second kappa shape index (κ2) is 7.22. The molecule has 1 amide bonds. The fourth-order valence-electron chi connectivity index (χ4n) is 3.05. The van der Waals surface area contributed by atoms with Crippen molar-refractivity contribution in [2.45, 2.75) is 32.1 Å². The van der Waals surface area contributed by atoms with E-state index in [9.17, 15) is 9.90 Å². The predicted octanol–water partition coefficient (Wildman–Crippen LogP) is 0.378. The van der Waals surface area contributed by atoms with Gasteiger partial charge in [0, 0.05) is 31.7 Å². The molecule has 1 aliphatic carbocycles. The Hall–Kier alpha value is -0.650. The average Bonchev–Trinajstić information content (AvgIpc) is 2.49. The summed E-state index contributed by atoms with van der Waals surface area (Å²) in [5.41, 5.74) is 0.00351. The number of hydrogen-bond donors (Lipinski definition) is 2. The molecule has 1 saturated carbocycles. The van der Waals surface area contributed by atoms with Crippen LogP contribution in [0.15, 0.2) is 0 Å². The molecule has 0 atom stereocenters. The molecule has 1 saturated heterocycles. The lowest BCUT2D eigenvalue weighted by Gasteiger charge is -2.36. The Kier molecular flexibility index (Phi) is 5.60. The van der Waals surface area contributed by atoms with Crippen LogP contribution in [0.3, 0.4) is 0 Å². The highest BCUT2D eigenvalue weighted by Gasteiger charge is 2.31. The maximum absolute atomic E-state index is 12.0. The third-order valence-electron chi connectivity index (χ3n) is 4.39. The quantitative estimate of drug-likeness (QED) is 0.758. The van der Waals surface area contributed by atoms with Crippen molar-refractivity contribution < 1.29 is 14.6 Å². The van der Waals surface area contributed by atoms with Gasteiger partial charge >= 0.3 is 0 Å². The monoisotopic (exact) mass is 270 g/mol. The van der Waals surface area contributed by atoms with Gasteiger partial charge in [-0.05, 0) is 12.8 Å². The highest BCUT2D eigenvalue weighted by atomic mass is 16.5. The molecule has 2 fully saturated rings. The smallest absolute Gasteiger partial charge is 0.236 e. The average molecular weight is 270 g/mol. The van der Waals surface area contributed by atoms with E-state index in [1.165, 1.54) is 19.3 Å². The maximum atomic E-state index is 12.0. The number of carbonyl (C=O) groups is 1. The van der Waals surface area contributed by atoms with Gasteiger partial charge in [-0.1, -0.05) is 19.3 Å². The summed E-state index contributed by atoms with van der Waals surface area (Å²) in [5.74, 6) is 0.146. The summed E-state index contributed by atoms with van der Waals surface area (Å²) < 4.78 is 5.24. The fourth-order valence-corrected chi connectivity index (χ4v) is 3.05. The van der Waals surface area contributed by atoms with Gasteiger partial charge in [0.25, 0.3) is 0 Å². The summed E-state index contributed by atoms with van der Waals surface area (Å²) in [6.07, 6.45) is 5.80. The molecule has 0 spiro atoms. The Morgan fingerprint density at radius 3 is 2.53 bits per heavy atom. The normalized spacial score (nSPS) is 23.3. The van der Waals surface area contributed by atoms with Crippen LogP contribution in [-0.2, 0) is 9.53 Å². The Balaban J connectivity index is 1.70. The summed E-state index contributed by atoms with van der Waals surface area (Å²) in [6, 6.07) is 0. The van der Waals surface area contributed by atoms with Gasteiger partial charge in [0.15, 0.2) is 0 Å². The molecule has 2 rings (SSSR count). The van der Waals surface area contributed by atoms with Gasteiger partial charge in [-0.3, -0.25) is 4.79 Å². The van der Waals surface area contributed by atoms with Gasteiger partial charge in [0.2, 0.25) is 5.91 Å². The van der Waals surface area contributed by atoms with Crippen LogP contribution in [0.5, 0.6) is 0 Å². The molecule has 0 unspecified atom stereocenters. The van der Waals surface area contributed by atoms with E-state index >= 15 is 0 Å². The van der Waals surface area contributed by atoms with E-state index in [1.807, 2.05) is 4.90 Å². The topological polar surface area (TPSA) is 61.8 Å². The van der Waals surface area contributed by atoms with Crippen LogP contribution < -0.4 is 5.32 Å². The van der Waals surface area contributed by atoms with Gasteiger partial charge < -0.3 is 20.1 Å². The minimum atomic E-state index is 0.00351. The summed E-state index contributed by atoms with van der Waals surface area (Å²) in [5, 5.41) is 12.9. The molecule has 0 aromatic carbocycles. The van der Waals surface area contributed by atoms with Gasteiger partial charge in [-0.25, -0.2) is 0 Å². The number of aliphatic hydroxyl groups is 1. The number of amides is 1. The SMILES string of the molecule is O=C(CNCC1(CO)CCCCC1)N1CCOCC1. The number of carbonyl (C=O) groups excluding carboxylic acids is 1. The van der Waals surface area contributed by atoms with Crippen LogP contribution in [0.4, 0.5) is 0 Å². The Labute approximate surface area is 115 Å².